The van der Waals surface area contributed by atoms with E-state index in [4.69, 9.17) is 23.2 Å². The number of thioether (sulfide) groups is 1. The van der Waals surface area contributed by atoms with Gasteiger partial charge in [-0.2, -0.15) is 5.10 Å². The number of nitrogens with zero attached hydrogens (tertiary/aromatic N) is 2. The highest BCUT2D eigenvalue weighted by Gasteiger charge is 2.30. The third-order valence-corrected chi connectivity index (χ3v) is 4.99. The third kappa shape index (κ3) is 4.38. The molecule has 0 saturated carbocycles. The average Bonchev–Trinajstić information content (AvgIpc) is 2.89. The molecule has 0 radical (unpaired) electrons. The van der Waals surface area contributed by atoms with E-state index in [1.807, 2.05) is 42.5 Å². The van der Waals surface area contributed by atoms with Gasteiger partial charge >= 0.3 is 0 Å². The van der Waals surface area contributed by atoms with Gasteiger partial charge in [-0.05, 0) is 30.2 Å². The molecular weight excluding hydrogens is 365 g/mol. The molecule has 3 rings (SSSR count). The van der Waals surface area contributed by atoms with Crippen LogP contribution in [0.3, 0.4) is 0 Å². The number of amides is 1. The largest absolute Gasteiger partial charge is 0.303 e. The fraction of sp³-hybridized carbons (Fsp3) is 0.118. The molecule has 0 aromatic heterocycles. The molecule has 1 fully saturated rings. The zero-order valence-electron chi connectivity index (χ0n) is 12.4. The van der Waals surface area contributed by atoms with Crippen LogP contribution in [0, 0.1) is 0 Å². The summed E-state index contributed by atoms with van der Waals surface area (Å²) in [6.07, 6.45) is 2.15. The summed E-state index contributed by atoms with van der Waals surface area (Å²) in [7, 11) is 0. The first-order valence-corrected chi connectivity index (χ1v) is 8.83. The highest BCUT2D eigenvalue weighted by atomic mass is 35.5. The first-order valence-electron chi connectivity index (χ1n) is 7.19. The van der Waals surface area contributed by atoms with E-state index in [0.717, 1.165) is 11.1 Å². The van der Waals surface area contributed by atoms with Gasteiger partial charge < -0.3 is 5.32 Å². The Hall–Kier alpha value is -1.82. The zero-order valence-corrected chi connectivity index (χ0v) is 14.8. The van der Waals surface area contributed by atoms with Crippen molar-refractivity contribution in [2.45, 2.75) is 11.7 Å². The Kier molecular flexibility index (Phi) is 5.56. The minimum Gasteiger partial charge on any atom is -0.303 e. The second-order valence-corrected chi connectivity index (χ2v) is 7.14. The van der Waals surface area contributed by atoms with Gasteiger partial charge in [0.25, 0.3) is 0 Å². The number of hydrogen-bond donors (Lipinski definition) is 1. The molecule has 24 heavy (non-hydrogen) atoms. The van der Waals surface area contributed by atoms with Gasteiger partial charge in [0.2, 0.25) is 5.91 Å². The number of carbonyl (C=O) groups is 1. The van der Waals surface area contributed by atoms with Gasteiger partial charge in [-0.25, -0.2) is 0 Å². The van der Waals surface area contributed by atoms with Gasteiger partial charge in [0, 0.05) is 15.6 Å². The van der Waals surface area contributed by atoms with Crippen LogP contribution in [0.25, 0.3) is 0 Å². The lowest BCUT2D eigenvalue weighted by Gasteiger charge is -2.05. The molecule has 1 saturated heterocycles. The molecule has 4 nitrogen and oxygen atoms in total. The topological polar surface area (TPSA) is 53.8 Å². The summed E-state index contributed by atoms with van der Waals surface area (Å²) in [6, 6.07) is 14.8. The number of amidine groups is 1. The predicted octanol–water partition coefficient (Wildman–Crippen LogP) is 4.16. The van der Waals surface area contributed by atoms with Crippen LogP contribution in [0.1, 0.15) is 11.1 Å². The minimum atomic E-state index is -0.238. The molecule has 1 atom stereocenters. The molecule has 1 heterocycles. The number of benzene rings is 2. The highest BCUT2D eigenvalue weighted by Crippen LogP contribution is 2.24. The van der Waals surface area contributed by atoms with E-state index in [-0.39, 0.29) is 11.2 Å². The van der Waals surface area contributed by atoms with Crippen molar-refractivity contribution in [3.63, 3.8) is 0 Å². The second kappa shape index (κ2) is 7.83. The van der Waals surface area contributed by atoms with E-state index in [2.05, 4.69) is 15.5 Å². The van der Waals surface area contributed by atoms with E-state index in [9.17, 15) is 4.79 Å². The predicted molar refractivity (Wildman–Crippen MR) is 101 cm³/mol. The Morgan fingerprint density at radius 1 is 1.17 bits per heavy atom. The van der Waals surface area contributed by atoms with Crippen LogP contribution in [0.2, 0.25) is 10.0 Å². The molecule has 1 aliphatic heterocycles. The van der Waals surface area contributed by atoms with Crippen molar-refractivity contribution in [1.82, 2.24) is 5.32 Å². The van der Waals surface area contributed by atoms with Crippen LogP contribution in [0.4, 0.5) is 0 Å². The molecular formula is C17H13Cl2N3OS. The van der Waals surface area contributed by atoms with Crippen LogP contribution < -0.4 is 5.32 Å². The van der Waals surface area contributed by atoms with Crippen molar-refractivity contribution in [3.05, 3.63) is 69.7 Å². The van der Waals surface area contributed by atoms with Gasteiger partial charge in [0.05, 0.1) is 11.5 Å². The van der Waals surface area contributed by atoms with Crippen molar-refractivity contribution in [3.8, 4) is 0 Å². The van der Waals surface area contributed by atoms with Crippen LogP contribution >= 0.6 is 35.0 Å². The number of carbonyl (C=O) groups excluding carboxylic acids is 1. The second-order valence-electron chi connectivity index (χ2n) is 5.10. The monoisotopic (exact) mass is 377 g/mol. The number of hydrogen-bond acceptors (Lipinski definition) is 4. The Labute approximate surface area is 154 Å². The molecule has 2 aromatic carbocycles. The quantitative estimate of drug-likeness (QED) is 0.642. The Balaban J connectivity index is 1.65. The number of nitrogens with one attached hydrogen (secondary N) is 1. The average molecular weight is 378 g/mol. The van der Waals surface area contributed by atoms with Crippen LogP contribution in [0.15, 0.2) is 58.7 Å². The molecule has 1 aliphatic rings. The Morgan fingerprint density at radius 3 is 2.79 bits per heavy atom. The zero-order chi connectivity index (χ0) is 16.9. The highest BCUT2D eigenvalue weighted by molar-refractivity contribution is 8.15. The SMILES string of the molecule is O=C1N/C(=N/N=Cc2ccccc2Cl)SC1Cc1cccc(Cl)c1. The fourth-order valence-electron chi connectivity index (χ4n) is 2.19. The molecule has 1 N–H and O–H groups in total. The lowest BCUT2D eigenvalue weighted by atomic mass is 10.1. The first-order chi connectivity index (χ1) is 11.6. The van der Waals surface area contributed by atoms with Crippen molar-refractivity contribution in [2.24, 2.45) is 10.2 Å². The maximum Gasteiger partial charge on any atom is 0.239 e. The van der Waals surface area contributed by atoms with E-state index >= 15 is 0 Å². The summed E-state index contributed by atoms with van der Waals surface area (Å²) in [4.78, 5) is 12.0. The van der Waals surface area contributed by atoms with Crippen LogP contribution in [-0.4, -0.2) is 22.5 Å². The van der Waals surface area contributed by atoms with Gasteiger partial charge in [0.15, 0.2) is 5.17 Å². The molecule has 0 spiro atoms. The summed E-state index contributed by atoms with van der Waals surface area (Å²) < 4.78 is 0. The van der Waals surface area contributed by atoms with E-state index in [0.29, 0.717) is 21.6 Å². The molecule has 0 aliphatic carbocycles. The first kappa shape index (κ1) is 17.0. The van der Waals surface area contributed by atoms with Gasteiger partial charge in [-0.3, -0.25) is 4.79 Å². The molecule has 122 valence electrons. The summed E-state index contributed by atoms with van der Waals surface area (Å²) in [5.74, 6) is -0.0772. The Bertz CT molecular complexity index is 823. The van der Waals surface area contributed by atoms with E-state index in [1.54, 1.807) is 12.3 Å². The lowest BCUT2D eigenvalue weighted by Crippen LogP contribution is -2.25. The summed E-state index contributed by atoms with van der Waals surface area (Å²) >= 11 is 13.4. The lowest BCUT2D eigenvalue weighted by molar-refractivity contribution is -0.118. The maximum absolute atomic E-state index is 12.0. The van der Waals surface area contributed by atoms with E-state index in [1.165, 1.54) is 11.8 Å². The minimum absolute atomic E-state index is 0.0772. The number of rotatable bonds is 4. The van der Waals surface area contributed by atoms with Crippen LogP contribution in [-0.2, 0) is 11.2 Å². The van der Waals surface area contributed by atoms with Crippen molar-refractivity contribution < 1.29 is 4.79 Å². The van der Waals surface area contributed by atoms with Gasteiger partial charge in [-0.1, -0.05) is 65.3 Å². The molecule has 7 heteroatoms. The summed E-state index contributed by atoms with van der Waals surface area (Å²) in [5, 5.41) is 12.3. The molecule has 1 amide bonds. The van der Waals surface area contributed by atoms with Crippen LogP contribution in [0.5, 0.6) is 0 Å². The van der Waals surface area contributed by atoms with Crippen molar-refractivity contribution in [2.75, 3.05) is 0 Å². The van der Waals surface area contributed by atoms with Crippen molar-refractivity contribution in [1.29, 1.82) is 0 Å². The maximum atomic E-state index is 12.0. The van der Waals surface area contributed by atoms with Gasteiger partial charge in [-0.15, -0.1) is 5.10 Å². The third-order valence-electron chi connectivity index (χ3n) is 3.34. The summed E-state index contributed by atoms with van der Waals surface area (Å²) in [6.45, 7) is 0. The normalized spacial score (nSPS) is 19.2. The summed E-state index contributed by atoms with van der Waals surface area (Å²) in [5.41, 5.74) is 1.78. The Morgan fingerprint density at radius 2 is 2.00 bits per heavy atom. The van der Waals surface area contributed by atoms with E-state index < -0.39 is 0 Å². The van der Waals surface area contributed by atoms with Crippen molar-refractivity contribution >= 4 is 52.3 Å². The molecule has 2 aromatic rings. The molecule has 1 unspecified atom stereocenters. The fourth-order valence-corrected chi connectivity index (χ4v) is 3.55. The van der Waals surface area contributed by atoms with Gasteiger partial charge in [0.1, 0.15) is 0 Å². The molecule has 0 bridgehead atoms. The smallest absolute Gasteiger partial charge is 0.239 e. The number of halogens is 2. The standard InChI is InChI=1S/C17H13Cl2N3OS/c18-13-6-3-4-11(8-13)9-15-16(23)21-17(24-15)22-20-10-12-5-1-2-7-14(12)19/h1-8,10,15H,9H2,(H,21,22,23).